The lowest BCUT2D eigenvalue weighted by Gasteiger charge is -2.24. The molecule has 0 unspecified atom stereocenters. The van der Waals surface area contributed by atoms with Gasteiger partial charge in [0.2, 0.25) is 0 Å². The van der Waals surface area contributed by atoms with Gasteiger partial charge in [-0.05, 0) is 49.2 Å². The van der Waals surface area contributed by atoms with Crippen molar-refractivity contribution in [2.45, 2.75) is 25.8 Å². The lowest BCUT2D eigenvalue weighted by atomic mass is 10.0. The summed E-state index contributed by atoms with van der Waals surface area (Å²) in [5, 5.41) is 18.1. The van der Waals surface area contributed by atoms with Crippen molar-refractivity contribution < 1.29 is 0 Å². The zero-order chi connectivity index (χ0) is 15.6. The summed E-state index contributed by atoms with van der Waals surface area (Å²) < 4.78 is 1.61. The van der Waals surface area contributed by atoms with Crippen LogP contribution in [0.2, 0.25) is 0 Å². The summed E-state index contributed by atoms with van der Waals surface area (Å²) in [6, 6.07) is 9.21. The predicted octanol–water partition coefficient (Wildman–Crippen LogP) is 2.21. The molecular formula is C16H19N7. The smallest absolute Gasteiger partial charge is 0.290 e. The second-order valence-corrected chi connectivity index (χ2v) is 5.93. The Hall–Kier alpha value is -2.54. The molecule has 3 aromatic rings. The van der Waals surface area contributed by atoms with E-state index in [1.165, 1.54) is 31.5 Å². The highest BCUT2D eigenvalue weighted by Gasteiger charge is 2.19. The largest absolute Gasteiger partial charge is 0.297 e. The van der Waals surface area contributed by atoms with E-state index in [0.717, 1.165) is 11.1 Å². The van der Waals surface area contributed by atoms with Crippen molar-refractivity contribution in [3.8, 4) is 17.1 Å². The summed E-state index contributed by atoms with van der Waals surface area (Å²) in [5.74, 6) is 0.440. The quantitative estimate of drug-likeness (QED) is 0.799. The zero-order valence-electron chi connectivity index (χ0n) is 13.1. The number of rotatable bonds is 4. The molecule has 118 valence electrons. The average molecular weight is 309 g/mol. The fourth-order valence-corrected chi connectivity index (χ4v) is 3.13. The Morgan fingerprint density at radius 3 is 2.57 bits per heavy atom. The van der Waals surface area contributed by atoms with Gasteiger partial charge in [0.1, 0.15) is 0 Å². The minimum atomic E-state index is 0.440. The molecule has 0 spiro atoms. The Kier molecular flexibility index (Phi) is 3.63. The van der Waals surface area contributed by atoms with Crippen molar-refractivity contribution in [3.63, 3.8) is 0 Å². The van der Waals surface area contributed by atoms with E-state index < -0.39 is 0 Å². The Balaban J connectivity index is 1.54. The van der Waals surface area contributed by atoms with Gasteiger partial charge in [0.05, 0.1) is 6.20 Å². The zero-order valence-corrected chi connectivity index (χ0v) is 13.1. The molecular weight excluding hydrogens is 290 g/mol. The van der Waals surface area contributed by atoms with Crippen LogP contribution < -0.4 is 0 Å². The number of H-pyrrole nitrogens is 1. The van der Waals surface area contributed by atoms with E-state index in [1.54, 1.807) is 4.68 Å². The molecule has 1 aliphatic rings. The third-order valence-corrected chi connectivity index (χ3v) is 4.54. The van der Waals surface area contributed by atoms with Crippen LogP contribution in [-0.4, -0.2) is 48.4 Å². The van der Waals surface area contributed by atoms with Gasteiger partial charge in [0, 0.05) is 17.8 Å². The van der Waals surface area contributed by atoms with Crippen molar-refractivity contribution >= 4 is 0 Å². The summed E-state index contributed by atoms with van der Waals surface area (Å²) in [7, 11) is 0. The lowest BCUT2D eigenvalue weighted by Crippen LogP contribution is -2.23. The first-order chi connectivity index (χ1) is 11.3. The molecule has 1 saturated heterocycles. The average Bonchev–Trinajstić information content (AvgIpc) is 3.36. The van der Waals surface area contributed by atoms with Gasteiger partial charge in [0.25, 0.3) is 5.95 Å². The molecule has 1 aliphatic heterocycles. The third kappa shape index (κ3) is 2.75. The van der Waals surface area contributed by atoms with Crippen LogP contribution in [0.4, 0.5) is 0 Å². The van der Waals surface area contributed by atoms with Crippen LogP contribution >= 0.6 is 0 Å². The van der Waals surface area contributed by atoms with Gasteiger partial charge < -0.3 is 0 Å². The molecule has 1 atom stereocenters. The van der Waals surface area contributed by atoms with Crippen LogP contribution in [0.1, 0.15) is 31.4 Å². The first kappa shape index (κ1) is 14.1. The molecule has 7 nitrogen and oxygen atoms in total. The molecule has 2 aromatic heterocycles. The molecule has 1 aromatic carbocycles. The first-order valence-corrected chi connectivity index (χ1v) is 7.94. The maximum absolute atomic E-state index is 4.28. The molecule has 23 heavy (non-hydrogen) atoms. The molecule has 0 bridgehead atoms. The van der Waals surface area contributed by atoms with Crippen LogP contribution in [0, 0.1) is 0 Å². The van der Waals surface area contributed by atoms with E-state index in [0.29, 0.717) is 12.0 Å². The molecule has 0 amide bonds. The molecule has 7 heteroatoms. The number of aromatic amines is 1. The number of benzene rings is 1. The van der Waals surface area contributed by atoms with Crippen LogP contribution in [0.5, 0.6) is 0 Å². The number of aromatic nitrogens is 6. The minimum absolute atomic E-state index is 0.440. The van der Waals surface area contributed by atoms with Crippen molar-refractivity contribution in [3.05, 3.63) is 42.2 Å². The van der Waals surface area contributed by atoms with Gasteiger partial charge in [0.15, 0.2) is 0 Å². The second kappa shape index (κ2) is 5.92. The Labute approximate surface area is 134 Å². The number of nitrogens with one attached hydrogen (secondary N) is 1. The van der Waals surface area contributed by atoms with Gasteiger partial charge in [-0.15, -0.1) is 5.10 Å². The summed E-state index contributed by atoms with van der Waals surface area (Å²) in [5.41, 5.74) is 3.54. The van der Waals surface area contributed by atoms with Crippen molar-refractivity contribution in [1.29, 1.82) is 0 Å². The van der Waals surface area contributed by atoms with Crippen LogP contribution in [-0.2, 0) is 0 Å². The van der Waals surface area contributed by atoms with Gasteiger partial charge in [-0.25, -0.2) is 4.68 Å². The Bertz CT molecular complexity index is 754. The van der Waals surface area contributed by atoms with E-state index >= 15 is 0 Å². The summed E-state index contributed by atoms with van der Waals surface area (Å²) >= 11 is 0. The molecule has 1 fully saturated rings. The van der Waals surface area contributed by atoms with Gasteiger partial charge >= 0.3 is 0 Å². The SMILES string of the molecule is C[C@@H](c1ccc(-c2cnn(-c3nn[nH]n3)c2)cc1)N1CCCC1. The summed E-state index contributed by atoms with van der Waals surface area (Å²) in [6.45, 7) is 4.70. The van der Waals surface area contributed by atoms with E-state index in [-0.39, 0.29) is 0 Å². The molecule has 0 radical (unpaired) electrons. The van der Waals surface area contributed by atoms with Gasteiger partial charge in [-0.3, -0.25) is 4.90 Å². The third-order valence-electron chi connectivity index (χ3n) is 4.54. The highest BCUT2D eigenvalue weighted by atomic mass is 15.5. The number of tetrazole rings is 1. The maximum Gasteiger partial charge on any atom is 0.290 e. The van der Waals surface area contributed by atoms with Crippen molar-refractivity contribution in [2.75, 3.05) is 13.1 Å². The maximum atomic E-state index is 4.28. The van der Waals surface area contributed by atoms with Crippen molar-refractivity contribution in [2.24, 2.45) is 0 Å². The number of likely N-dealkylation sites (tertiary alicyclic amines) is 1. The fraction of sp³-hybridized carbons (Fsp3) is 0.375. The number of nitrogens with zero attached hydrogens (tertiary/aromatic N) is 6. The summed E-state index contributed by atoms with van der Waals surface area (Å²) in [6.07, 6.45) is 6.36. The van der Waals surface area contributed by atoms with E-state index in [9.17, 15) is 0 Å². The van der Waals surface area contributed by atoms with Gasteiger partial charge in [-0.2, -0.15) is 10.3 Å². The Morgan fingerprint density at radius 1 is 1.09 bits per heavy atom. The molecule has 0 aliphatic carbocycles. The lowest BCUT2D eigenvalue weighted by molar-refractivity contribution is 0.263. The topological polar surface area (TPSA) is 75.5 Å². The normalized spacial score (nSPS) is 16.7. The van der Waals surface area contributed by atoms with Crippen LogP contribution in [0.25, 0.3) is 17.1 Å². The first-order valence-electron chi connectivity index (χ1n) is 7.94. The van der Waals surface area contributed by atoms with E-state index in [4.69, 9.17) is 0 Å². The number of hydrogen-bond donors (Lipinski definition) is 1. The van der Waals surface area contributed by atoms with E-state index in [2.05, 4.69) is 61.8 Å². The Morgan fingerprint density at radius 2 is 1.87 bits per heavy atom. The molecule has 3 heterocycles. The predicted molar refractivity (Wildman–Crippen MR) is 86.0 cm³/mol. The monoisotopic (exact) mass is 309 g/mol. The van der Waals surface area contributed by atoms with Crippen molar-refractivity contribution in [1.82, 2.24) is 35.3 Å². The minimum Gasteiger partial charge on any atom is -0.297 e. The fourth-order valence-electron chi connectivity index (χ4n) is 3.13. The molecule has 1 N–H and O–H groups in total. The highest BCUT2D eigenvalue weighted by Crippen LogP contribution is 2.27. The molecule has 0 saturated carbocycles. The van der Waals surface area contributed by atoms with Gasteiger partial charge in [-0.1, -0.05) is 29.4 Å². The highest BCUT2D eigenvalue weighted by molar-refractivity contribution is 5.62. The molecule has 4 rings (SSSR count). The van der Waals surface area contributed by atoms with Crippen LogP contribution in [0.15, 0.2) is 36.7 Å². The van der Waals surface area contributed by atoms with Crippen LogP contribution in [0.3, 0.4) is 0 Å². The standard InChI is InChI=1S/C16H19N7/c1-12(22-8-2-3-9-22)13-4-6-14(7-5-13)15-10-17-23(11-15)16-18-20-21-19-16/h4-7,10-12H,2-3,8-9H2,1H3,(H,18,19,20,21)/t12-/m0/s1. The summed E-state index contributed by atoms with van der Waals surface area (Å²) in [4.78, 5) is 2.54. The second-order valence-electron chi connectivity index (χ2n) is 5.93. The van der Waals surface area contributed by atoms with E-state index in [1.807, 2.05) is 12.4 Å². The number of hydrogen-bond acceptors (Lipinski definition) is 5.